The lowest BCUT2D eigenvalue weighted by Gasteiger charge is -2.56. The summed E-state index contributed by atoms with van der Waals surface area (Å²) in [6.07, 6.45) is 7.94. The molecule has 0 spiro atoms. The third-order valence-corrected chi connectivity index (χ3v) is 6.27. The number of likely N-dealkylation sites (tertiary alicyclic amines) is 1. The third-order valence-electron chi connectivity index (χ3n) is 6.27. The van der Waals surface area contributed by atoms with Gasteiger partial charge in [-0.1, -0.05) is 0 Å². The van der Waals surface area contributed by atoms with Gasteiger partial charge in [0.15, 0.2) is 0 Å². The van der Waals surface area contributed by atoms with Crippen LogP contribution in [-0.4, -0.2) is 37.0 Å². The molecule has 1 heterocycles. The maximum absolute atomic E-state index is 12.4. The fourth-order valence-corrected chi connectivity index (χ4v) is 5.93. The minimum Gasteiger partial charge on any atom is -0.339 e. The van der Waals surface area contributed by atoms with Crippen LogP contribution in [0.3, 0.4) is 0 Å². The van der Waals surface area contributed by atoms with Crippen molar-refractivity contribution in [2.24, 2.45) is 29.6 Å². The number of nitrogens with zero attached hydrogens (tertiary/aromatic N) is 1. The molecule has 1 atom stereocenters. The molecule has 5 aliphatic rings. The first-order valence-electron chi connectivity index (χ1n) is 8.18. The first kappa shape index (κ1) is 12.2. The van der Waals surface area contributed by atoms with Gasteiger partial charge in [0, 0.05) is 19.0 Å². The summed E-state index contributed by atoms with van der Waals surface area (Å²) in [6.45, 7) is 2.02. The van der Waals surface area contributed by atoms with Crippen LogP contribution in [0, 0.1) is 29.6 Å². The van der Waals surface area contributed by atoms with Crippen LogP contribution in [0.15, 0.2) is 0 Å². The van der Waals surface area contributed by atoms with Gasteiger partial charge in [-0.3, -0.25) is 4.79 Å². The Bertz CT molecular complexity index is 353. The molecule has 0 radical (unpaired) electrons. The van der Waals surface area contributed by atoms with Crippen LogP contribution >= 0.6 is 0 Å². The molecule has 1 saturated heterocycles. The second kappa shape index (κ2) is 4.47. The van der Waals surface area contributed by atoms with Crippen molar-refractivity contribution in [3.63, 3.8) is 0 Å². The number of amides is 1. The van der Waals surface area contributed by atoms with E-state index in [4.69, 9.17) is 0 Å². The van der Waals surface area contributed by atoms with Crippen molar-refractivity contribution >= 4 is 5.91 Å². The van der Waals surface area contributed by atoms with Crippen molar-refractivity contribution in [3.05, 3.63) is 0 Å². The van der Waals surface area contributed by atoms with Crippen molar-refractivity contribution in [2.45, 2.75) is 44.6 Å². The van der Waals surface area contributed by atoms with E-state index in [1.54, 1.807) is 0 Å². The monoisotopic (exact) mass is 262 g/mol. The van der Waals surface area contributed by atoms with Crippen molar-refractivity contribution in [1.29, 1.82) is 0 Å². The number of nitrogens with one attached hydrogen (secondary N) is 1. The molecule has 1 unspecified atom stereocenters. The fraction of sp³-hybridized carbons (Fsp3) is 0.938. The van der Waals surface area contributed by atoms with Crippen LogP contribution in [0.2, 0.25) is 0 Å². The highest BCUT2D eigenvalue weighted by atomic mass is 16.2. The summed E-state index contributed by atoms with van der Waals surface area (Å²) in [4.78, 5) is 14.7. The van der Waals surface area contributed by atoms with Gasteiger partial charge in [-0.05, 0) is 75.3 Å². The third kappa shape index (κ3) is 1.93. The van der Waals surface area contributed by atoms with E-state index in [1.807, 2.05) is 7.05 Å². The quantitative estimate of drug-likeness (QED) is 0.842. The number of hydrogen-bond donors (Lipinski definition) is 1. The van der Waals surface area contributed by atoms with E-state index in [1.165, 1.54) is 32.1 Å². The second-order valence-corrected chi connectivity index (χ2v) is 7.60. The zero-order valence-electron chi connectivity index (χ0n) is 12.0. The highest BCUT2D eigenvalue weighted by molar-refractivity contribution is 5.79. The molecule has 1 amide bonds. The molecule has 1 N–H and O–H groups in total. The van der Waals surface area contributed by atoms with Crippen molar-refractivity contribution < 1.29 is 4.79 Å². The van der Waals surface area contributed by atoms with E-state index < -0.39 is 0 Å². The Morgan fingerprint density at radius 2 is 1.74 bits per heavy atom. The molecule has 3 nitrogen and oxygen atoms in total. The van der Waals surface area contributed by atoms with Gasteiger partial charge >= 0.3 is 0 Å². The van der Waals surface area contributed by atoms with Crippen LogP contribution in [0.25, 0.3) is 0 Å². The van der Waals surface area contributed by atoms with E-state index in [0.29, 0.717) is 17.9 Å². The summed E-state index contributed by atoms with van der Waals surface area (Å²) in [6, 6.07) is 0.613. The van der Waals surface area contributed by atoms with E-state index in [2.05, 4.69) is 10.2 Å². The van der Waals surface area contributed by atoms with E-state index in [-0.39, 0.29) is 0 Å². The minimum absolute atomic E-state index is 0.442. The molecule has 19 heavy (non-hydrogen) atoms. The zero-order chi connectivity index (χ0) is 13.0. The molecule has 4 saturated carbocycles. The lowest BCUT2D eigenvalue weighted by Crippen LogP contribution is -2.56. The number of carbonyl (C=O) groups excluding carboxylic acids is 1. The fourth-order valence-electron chi connectivity index (χ4n) is 5.93. The molecule has 4 bridgehead atoms. The Morgan fingerprint density at radius 1 is 1.11 bits per heavy atom. The SMILES string of the molecule is CNCC1CC(=O)N(C2C3CC4CC(C3)CC2C4)C1. The molecule has 4 aliphatic carbocycles. The molecular weight excluding hydrogens is 236 g/mol. The van der Waals surface area contributed by atoms with Crippen molar-refractivity contribution in [3.8, 4) is 0 Å². The van der Waals surface area contributed by atoms with Gasteiger partial charge in [0.25, 0.3) is 0 Å². The van der Waals surface area contributed by atoms with Crippen LogP contribution in [0.4, 0.5) is 0 Å². The van der Waals surface area contributed by atoms with Gasteiger partial charge in [0.2, 0.25) is 5.91 Å². The molecule has 0 aromatic heterocycles. The number of rotatable bonds is 3. The second-order valence-electron chi connectivity index (χ2n) is 7.60. The predicted molar refractivity (Wildman–Crippen MR) is 74.6 cm³/mol. The maximum atomic E-state index is 12.4. The van der Waals surface area contributed by atoms with Crippen LogP contribution < -0.4 is 5.32 Å². The van der Waals surface area contributed by atoms with Gasteiger partial charge in [0.05, 0.1) is 0 Å². The molecule has 5 fully saturated rings. The molecular formula is C16H26N2O. The van der Waals surface area contributed by atoms with Crippen LogP contribution in [-0.2, 0) is 4.79 Å². The zero-order valence-corrected chi connectivity index (χ0v) is 12.0. The molecule has 5 rings (SSSR count). The highest BCUT2D eigenvalue weighted by Crippen LogP contribution is 2.55. The summed E-state index contributed by atoms with van der Waals surface area (Å²) >= 11 is 0. The van der Waals surface area contributed by atoms with Crippen molar-refractivity contribution in [1.82, 2.24) is 10.2 Å². The summed E-state index contributed by atoms with van der Waals surface area (Å²) in [5, 5.41) is 3.24. The highest BCUT2D eigenvalue weighted by Gasteiger charge is 2.52. The Hall–Kier alpha value is -0.570. The molecule has 0 aromatic carbocycles. The van der Waals surface area contributed by atoms with Gasteiger partial charge < -0.3 is 10.2 Å². The van der Waals surface area contributed by atoms with Crippen LogP contribution in [0.1, 0.15) is 38.5 Å². The van der Waals surface area contributed by atoms with Gasteiger partial charge in [-0.2, -0.15) is 0 Å². The smallest absolute Gasteiger partial charge is 0.223 e. The summed E-state index contributed by atoms with van der Waals surface area (Å²) < 4.78 is 0. The van der Waals surface area contributed by atoms with E-state index >= 15 is 0 Å². The summed E-state index contributed by atoms with van der Waals surface area (Å²) in [5.74, 6) is 4.68. The van der Waals surface area contributed by atoms with E-state index in [0.717, 1.165) is 43.2 Å². The molecule has 0 aromatic rings. The Balaban J connectivity index is 1.51. The predicted octanol–water partition coefficient (Wildman–Crippen LogP) is 1.88. The van der Waals surface area contributed by atoms with Crippen LogP contribution in [0.5, 0.6) is 0 Å². The first-order chi connectivity index (χ1) is 9.24. The average Bonchev–Trinajstić information content (AvgIpc) is 2.69. The maximum Gasteiger partial charge on any atom is 0.223 e. The van der Waals surface area contributed by atoms with Gasteiger partial charge in [0.1, 0.15) is 0 Å². The summed E-state index contributed by atoms with van der Waals surface area (Å²) in [5.41, 5.74) is 0. The Labute approximate surface area is 116 Å². The summed E-state index contributed by atoms with van der Waals surface area (Å²) in [7, 11) is 2.00. The molecule has 106 valence electrons. The first-order valence-corrected chi connectivity index (χ1v) is 8.18. The minimum atomic E-state index is 0.442. The number of carbonyl (C=O) groups is 1. The molecule has 1 aliphatic heterocycles. The average molecular weight is 262 g/mol. The Kier molecular flexibility index (Phi) is 2.87. The van der Waals surface area contributed by atoms with Gasteiger partial charge in [-0.15, -0.1) is 0 Å². The van der Waals surface area contributed by atoms with E-state index in [9.17, 15) is 4.79 Å². The normalized spacial score (nSPS) is 48.3. The number of hydrogen-bond acceptors (Lipinski definition) is 2. The molecule has 3 heteroatoms. The lowest BCUT2D eigenvalue weighted by atomic mass is 9.54. The standard InChI is InChI=1S/C16H26N2O/c1-17-8-12-7-15(19)18(9-12)16-13-3-10-2-11(5-13)6-14(16)4-10/h10-14,16-17H,2-9H2,1H3. The lowest BCUT2D eigenvalue weighted by molar-refractivity contribution is -0.138. The van der Waals surface area contributed by atoms with Gasteiger partial charge in [-0.25, -0.2) is 0 Å². The largest absolute Gasteiger partial charge is 0.339 e. The Morgan fingerprint density at radius 3 is 2.32 bits per heavy atom. The topological polar surface area (TPSA) is 32.3 Å². The van der Waals surface area contributed by atoms with Crippen molar-refractivity contribution in [2.75, 3.05) is 20.1 Å².